The lowest BCUT2D eigenvalue weighted by Gasteiger charge is -2.36. The molecule has 27 heavy (non-hydrogen) atoms. The molecule has 1 saturated heterocycles. The first kappa shape index (κ1) is 18.2. The van der Waals surface area contributed by atoms with Gasteiger partial charge in [0.2, 0.25) is 5.91 Å². The Kier molecular flexibility index (Phi) is 5.00. The molecule has 1 aromatic carbocycles. The highest BCUT2D eigenvalue weighted by Gasteiger charge is 2.32. The van der Waals surface area contributed by atoms with Crippen LogP contribution in [0.5, 0.6) is 0 Å². The maximum Gasteiger partial charge on any atom is 0.230 e. The molecular weight excluding hydrogens is 372 g/mol. The topological polar surface area (TPSA) is 36.4 Å². The van der Waals surface area contributed by atoms with Gasteiger partial charge in [-0.2, -0.15) is 0 Å². The quantitative estimate of drug-likeness (QED) is 0.769. The SMILES string of the molecule is O=C(C1CCN(c2ccc(Cl)cn2)CC1)N1CCCc2c(F)cc(F)cc21. The number of benzene rings is 1. The van der Waals surface area contributed by atoms with Crippen molar-refractivity contribution in [2.45, 2.75) is 25.7 Å². The van der Waals surface area contributed by atoms with Crippen LogP contribution in [0.3, 0.4) is 0 Å². The number of hydrogen-bond donors (Lipinski definition) is 0. The molecule has 2 aliphatic heterocycles. The monoisotopic (exact) mass is 391 g/mol. The first-order valence-corrected chi connectivity index (χ1v) is 9.56. The second-order valence-corrected chi connectivity index (χ2v) is 7.51. The molecule has 0 radical (unpaired) electrons. The van der Waals surface area contributed by atoms with Gasteiger partial charge in [-0.25, -0.2) is 13.8 Å². The molecule has 0 N–H and O–H groups in total. The van der Waals surface area contributed by atoms with E-state index in [9.17, 15) is 13.6 Å². The predicted octanol–water partition coefficient (Wildman–Crippen LogP) is 4.21. The van der Waals surface area contributed by atoms with Crippen LogP contribution in [0.15, 0.2) is 30.5 Å². The largest absolute Gasteiger partial charge is 0.357 e. The number of halogens is 3. The maximum atomic E-state index is 14.1. The van der Waals surface area contributed by atoms with Crippen molar-refractivity contribution in [1.82, 2.24) is 4.98 Å². The number of anilines is 2. The molecule has 0 aliphatic carbocycles. The highest BCUT2D eigenvalue weighted by molar-refractivity contribution is 6.30. The van der Waals surface area contributed by atoms with E-state index in [-0.39, 0.29) is 11.8 Å². The van der Waals surface area contributed by atoms with E-state index < -0.39 is 11.6 Å². The van der Waals surface area contributed by atoms with Gasteiger partial charge in [-0.3, -0.25) is 4.79 Å². The second-order valence-electron chi connectivity index (χ2n) is 7.07. The number of nitrogens with zero attached hydrogens (tertiary/aromatic N) is 3. The molecule has 4 rings (SSSR count). The molecule has 142 valence electrons. The van der Waals surface area contributed by atoms with E-state index in [0.717, 1.165) is 11.9 Å². The summed E-state index contributed by atoms with van der Waals surface area (Å²) in [5.41, 5.74) is 0.837. The summed E-state index contributed by atoms with van der Waals surface area (Å²) in [6.07, 6.45) is 4.21. The van der Waals surface area contributed by atoms with Crippen LogP contribution in [0.4, 0.5) is 20.3 Å². The van der Waals surface area contributed by atoms with Gasteiger partial charge < -0.3 is 9.80 Å². The van der Waals surface area contributed by atoms with Crippen molar-refractivity contribution in [3.63, 3.8) is 0 Å². The van der Waals surface area contributed by atoms with E-state index in [2.05, 4.69) is 9.88 Å². The van der Waals surface area contributed by atoms with E-state index in [0.29, 0.717) is 61.6 Å². The van der Waals surface area contributed by atoms with Crippen LogP contribution in [0.25, 0.3) is 0 Å². The average molecular weight is 392 g/mol. The standard InChI is InChI=1S/C20H20ClF2N3O/c21-14-3-4-19(24-12-14)25-8-5-13(6-9-25)20(27)26-7-1-2-16-17(23)10-15(22)11-18(16)26/h3-4,10-13H,1-2,5-9H2. The Morgan fingerprint density at radius 2 is 1.93 bits per heavy atom. The third-order valence-corrected chi connectivity index (χ3v) is 5.61. The third-order valence-electron chi connectivity index (χ3n) is 5.38. The van der Waals surface area contributed by atoms with E-state index in [4.69, 9.17) is 11.6 Å². The number of fused-ring (bicyclic) bond motifs is 1. The van der Waals surface area contributed by atoms with Gasteiger partial charge in [0.1, 0.15) is 17.5 Å². The minimum absolute atomic E-state index is 0.0373. The summed E-state index contributed by atoms with van der Waals surface area (Å²) >= 11 is 5.88. The summed E-state index contributed by atoms with van der Waals surface area (Å²) < 4.78 is 27.8. The van der Waals surface area contributed by atoms with Gasteiger partial charge in [0.25, 0.3) is 0 Å². The van der Waals surface area contributed by atoms with Crippen LogP contribution in [0.2, 0.25) is 5.02 Å². The number of carbonyl (C=O) groups is 1. The van der Waals surface area contributed by atoms with Crippen molar-refractivity contribution < 1.29 is 13.6 Å². The molecule has 0 saturated carbocycles. The molecule has 0 spiro atoms. The molecule has 0 bridgehead atoms. The lowest BCUT2D eigenvalue weighted by atomic mass is 9.93. The minimum Gasteiger partial charge on any atom is -0.357 e. The van der Waals surface area contributed by atoms with Crippen LogP contribution in [0.1, 0.15) is 24.8 Å². The number of aromatic nitrogens is 1. The number of hydrogen-bond acceptors (Lipinski definition) is 3. The highest BCUT2D eigenvalue weighted by atomic mass is 35.5. The summed E-state index contributed by atoms with van der Waals surface area (Å²) in [4.78, 5) is 21.1. The summed E-state index contributed by atoms with van der Waals surface area (Å²) in [7, 11) is 0. The molecule has 7 heteroatoms. The Bertz CT molecular complexity index is 851. The fraction of sp³-hybridized carbons (Fsp3) is 0.400. The van der Waals surface area contributed by atoms with E-state index >= 15 is 0 Å². The van der Waals surface area contributed by atoms with Gasteiger partial charge in [0.15, 0.2) is 0 Å². The Morgan fingerprint density at radius 1 is 1.15 bits per heavy atom. The molecule has 3 heterocycles. The Hall–Kier alpha value is -2.21. The van der Waals surface area contributed by atoms with Crippen LogP contribution < -0.4 is 9.80 Å². The minimum atomic E-state index is -0.644. The summed E-state index contributed by atoms with van der Waals surface area (Å²) in [6.45, 7) is 1.93. The number of carbonyl (C=O) groups excluding carboxylic acids is 1. The summed E-state index contributed by atoms with van der Waals surface area (Å²) in [6, 6.07) is 5.85. The van der Waals surface area contributed by atoms with Gasteiger partial charge in [-0.05, 0) is 43.9 Å². The number of pyridine rings is 1. The van der Waals surface area contributed by atoms with Crippen molar-refractivity contribution in [2.75, 3.05) is 29.4 Å². The van der Waals surface area contributed by atoms with E-state index in [1.165, 1.54) is 6.07 Å². The Labute approximate surface area is 161 Å². The Morgan fingerprint density at radius 3 is 2.63 bits per heavy atom. The van der Waals surface area contributed by atoms with Crippen LogP contribution in [-0.2, 0) is 11.2 Å². The van der Waals surface area contributed by atoms with Crippen LogP contribution in [0, 0.1) is 17.6 Å². The molecule has 2 aromatic rings. The summed E-state index contributed by atoms with van der Waals surface area (Å²) in [5, 5.41) is 0.590. The van der Waals surface area contributed by atoms with E-state index in [1.54, 1.807) is 17.2 Å². The van der Waals surface area contributed by atoms with Gasteiger partial charge in [-0.15, -0.1) is 0 Å². The fourth-order valence-corrected chi connectivity index (χ4v) is 4.08. The highest BCUT2D eigenvalue weighted by Crippen LogP contribution is 2.33. The molecule has 2 aliphatic rings. The van der Waals surface area contributed by atoms with Gasteiger partial charge in [-0.1, -0.05) is 11.6 Å². The zero-order valence-electron chi connectivity index (χ0n) is 14.8. The molecule has 4 nitrogen and oxygen atoms in total. The van der Waals surface area contributed by atoms with Gasteiger partial charge in [0.05, 0.1) is 10.7 Å². The first-order chi connectivity index (χ1) is 13.0. The lowest BCUT2D eigenvalue weighted by Crippen LogP contribution is -2.44. The number of amides is 1. The predicted molar refractivity (Wildman–Crippen MR) is 101 cm³/mol. The van der Waals surface area contributed by atoms with Crippen molar-refractivity contribution in [3.8, 4) is 0 Å². The van der Waals surface area contributed by atoms with Crippen LogP contribution in [-0.4, -0.2) is 30.5 Å². The van der Waals surface area contributed by atoms with Gasteiger partial charge in [0, 0.05) is 43.4 Å². The van der Waals surface area contributed by atoms with Gasteiger partial charge >= 0.3 is 0 Å². The normalized spacial score (nSPS) is 17.7. The molecule has 0 unspecified atom stereocenters. The molecule has 1 amide bonds. The second kappa shape index (κ2) is 7.43. The Balaban J connectivity index is 1.47. The van der Waals surface area contributed by atoms with Crippen molar-refractivity contribution in [3.05, 3.63) is 52.7 Å². The summed E-state index contributed by atoms with van der Waals surface area (Å²) in [5.74, 6) is -0.547. The first-order valence-electron chi connectivity index (χ1n) is 9.19. The van der Waals surface area contributed by atoms with E-state index in [1.807, 2.05) is 6.07 Å². The average Bonchev–Trinajstić information content (AvgIpc) is 2.68. The number of piperidine rings is 1. The van der Waals surface area contributed by atoms with Crippen molar-refractivity contribution in [1.29, 1.82) is 0 Å². The molecule has 0 atom stereocenters. The number of rotatable bonds is 2. The molecule has 1 aromatic heterocycles. The lowest BCUT2D eigenvalue weighted by molar-refractivity contribution is -0.123. The smallest absolute Gasteiger partial charge is 0.230 e. The molecule has 1 fully saturated rings. The zero-order valence-corrected chi connectivity index (χ0v) is 15.6. The fourth-order valence-electron chi connectivity index (χ4n) is 3.97. The third kappa shape index (κ3) is 3.63. The van der Waals surface area contributed by atoms with Crippen LogP contribution >= 0.6 is 11.6 Å². The van der Waals surface area contributed by atoms with Crippen molar-refractivity contribution in [2.24, 2.45) is 5.92 Å². The van der Waals surface area contributed by atoms with Crippen molar-refractivity contribution >= 4 is 29.0 Å². The maximum absolute atomic E-state index is 14.1. The zero-order chi connectivity index (χ0) is 19.0. The molecular formula is C20H20ClF2N3O.